The van der Waals surface area contributed by atoms with E-state index in [1.54, 1.807) is 24.3 Å². The van der Waals surface area contributed by atoms with Gasteiger partial charge in [-0.3, -0.25) is 10.1 Å². The van der Waals surface area contributed by atoms with Gasteiger partial charge >= 0.3 is 0 Å². The lowest BCUT2D eigenvalue weighted by atomic mass is 10.1. The fourth-order valence-corrected chi connectivity index (χ4v) is 1.85. The number of benzene rings is 1. The van der Waals surface area contributed by atoms with E-state index in [2.05, 4.69) is 9.97 Å². The Morgan fingerprint density at radius 2 is 2.05 bits per heavy atom. The van der Waals surface area contributed by atoms with Crippen LogP contribution in [0.5, 0.6) is 0 Å². The Kier molecular flexibility index (Phi) is 3.70. The van der Waals surface area contributed by atoms with Gasteiger partial charge in [0.2, 0.25) is 0 Å². The average molecular weight is 258 g/mol. The molecule has 0 aliphatic carbocycles. The zero-order valence-electron chi connectivity index (χ0n) is 10.5. The highest BCUT2D eigenvalue weighted by Gasteiger charge is 2.17. The summed E-state index contributed by atoms with van der Waals surface area (Å²) >= 11 is 0. The van der Waals surface area contributed by atoms with Crippen LogP contribution in [0, 0.1) is 10.1 Å². The highest BCUT2D eigenvalue weighted by molar-refractivity contribution is 5.68. The summed E-state index contributed by atoms with van der Waals surface area (Å²) in [5.74, 6) is 0.627. The molecule has 0 radical (unpaired) electrons. The van der Waals surface area contributed by atoms with Crippen molar-refractivity contribution in [2.75, 3.05) is 5.73 Å². The summed E-state index contributed by atoms with van der Waals surface area (Å²) in [5.41, 5.74) is 6.90. The molecule has 19 heavy (non-hydrogen) atoms. The first-order valence-electron chi connectivity index (χ1n) is 5.99. The smallest absolute Gasteiger partial charge is 0.280 e. The first kappa shape index (κ1) is 12.9. The largest absolute Gasteiger partial charge is 0.384 e. The second kappa shape index (κ2) is 5.43. The molecule has 6 nitrogen and oxygen atoms in total. The third-order valence-electron chi connectivity index (χ3n) is 2.65. The monoisotopic (exact) mass is 258 g/mol. The second-order valence-electron chi connectivity index (χ2n) is 4.13. The van der Waals surface area contributed by atoms with Gasteiger partial charge in [-0.15, -0.1) is 0 Å². The second-order valence-corrected chi connectivity index (χ2v) is 4.13. The number of aryl methyl sites for hydroxylation is 1. The lowest BCUT2D eigenvalue weighted by Crippen LogP contribution is -2.02. The summed E-state index contributed by atoms with van der Waals surface area (Å²) in [5, 5.41) is 11.0. The van der Waals surface area contributed by atoms with Crippen LogP contribution >= 0.6 is 0 Å². The Morgan fingerprint density at radius 1 is 1.32 bits per heavy atom. The number of anilines is 1. The van der Waals surface area contributed by atoms with E-state index in [1.165, 1.54) is 6.07 Å². The van der Waals surface area contributed by atoms with Crippen LogP contribution in [0.2, 0.25) is 0 Å². The number of aromatic nitrogens is 2. The van der Waals surface area contributed by atoms with Gasteiger partial charge in [0.15, 0.2) is 5.82 Å². The third-order valence-corrected chi connectivity index (χ3v) is 2.65. The van der Waals surface area contributed by atoms with E-state index >= 15 is 0 Å². The van der Waals surface area contributed by atoms with Crippen molar-refractivity contribution in [2.24, 2.45) is 0 Å². The summed E-state index contributed by atoms with van der Waals surface area (Å²) in [6, 6.07) is 8.08. The Morgan fingerprint density at radius 3 is 2.74 bits per heavy atom. The van der Waals surface area contributed by atoms with Gasteiger partial charge in [0.05, 0.1) is 10.5 Å². The lowest BCUT2D eigenvalue weighted by molar-refractivity contribution is -0.384. The quantitative estimate of drug-likeness (QED) is 0.671. The number of nitrogens with zero attached hydrogens (tertiary/aromatic N) is 3. The summed E-state index contributed by atoms with van der Waals surface area (Å²) < 4.78 is 0. The first-order chi connectivity index (χ1) is 9.11. The van der Waals surface area contributed by atoms with Gasteiger partial charge in [-0.2, -0.15) is 0 Å². The van der Waals surface area contributed by atoms with E-state index in [0.717, 1.165) is 18.5 Å². The molecule has 0 saturated carbocycles. The fourth-order valence-electron chi connectivity index (χ4n) is 1.85. The van der Waals surface area contributed by atoms with Gasteiger partial charge in [0.25, 0.3) is 5.69 Å². The van der Waals surface area contributed by atoms with E-state index in [0.29, 0.717) is 17.2 Å². The predicted molar refractivity (Wildman–Crippen MR) is 72.5 cm³/mol. The maximum atomic E-state index is 11.0. The number of nitrogen functional groups attached to an aromatic ring is 1. The molecule has 0 aliphatic rings. The van der Waals surface area contributed by atoms with Crippen molar-refractivity contribution in [2.45, 2.75) is 19.8 Å². The van der Waals surface area contributed by atoms with Crippen molar-refractivity contribution < 1.29 is 4.92 Å². The van der Waals surface area contributed by atoms with Gasteiger partial charge in [-0.05, 0) is 12.5 Å². The van der Waals surface area contributed by atoms with Crippen molar-refractivity contribution in [3.05, 3.63) is 46.1 Å². The summed E-state index contributed by atoms with van der Waals surface area (Å²) in [7, 11) is 0. The lowest BCUT2D eigenvalue weighted by Gasteiger charge is -2.05. The molecule has 0 unspecified atom stereocenters. The van der Waals surface area contributed by atoms with Gasteiger partial charge in [-0.25, -0.2) is 9.97 Å². The average Bonchev–Trinajstić information content (AvgIpc) is 2.38. The molecule has 1 aromatic heterocycles. The van der Waals surface area contributed by atoms with Gasteiger partial charge in [0, 0.05) is 17.8 Å². The van der Waals surface area contributed by atoms with Crippen LogP contribution in [0.3, 0.4) is 0 Å². The molecule has 0 spiro atoms. The molecule has 2 N–H and O–H groups in total. The third kappa shape index (κ3) is 2.85. The molecule has 0 fully saturated rings. The minimum atomic E-state index is -0.443. The molecular formula is C13H14N4O2. The van der Waals surface area contributed by atoms with Crippen LogP contribution in [-0.4, -0.2) is 14.9 Å². The number of nitrogens with two attached hydrogens (primary N) is 1. The number of hydrogen-bond acceptors (Lipinski definition) is 5. The van der Waals surface area contributed by atoms with Crippen molar-refractivity contribution >= 4 is 11.5 Å². The minimum Gasteiger partial charge on any atom is -0.384 e. The van der Waals surface area contributed by atoms with E-state index < -0.39 is 4.92 Å². The summed E-state index contributed by atoms with van der Waals surface area (Å²) in [6.45, 7) is 2.03. The molecule has 0 aliphatic heterocycles. The summed E-state index contributed by atoms with van der Waals surface area (Å²) in [4.78, 5) is 19.0. The van der Waals surface area contributed by atoms with E-state index in [-0.39, 0.29) is 5.69 Å². The van der Waals surface area contributed by atoms with Crippen LogP contribution in [0.4, 0.5) is 11.5 Å². The van der Waals surface area contributed by atoms with Gasteiger partial charge < -0.3 is 5.73 Å². The van der Waals surface area contributed by atoms with Crippen molar-refractivity contribution in [3.63, 3.8) is 0 Å². The number of hydrogen-bond donors (Lipinski definition) is 1. The molecule has 98 valence electrons. The van der Waals surface area contributed by atoms with Gasteiger partial charge in [-0.1, -0.05) is 25.5 Å². The molecule has 0 bridgehead atoms. The molecule has 1 aromatic carbocycles. The van der Waals surface area contributed by atoms with Crippen LogP contribution in [-0.2, 0) is 6.42 Å². The van der Waals surface area contributed by atoms with E-state index in [4.69, 9.17) is 5.73 Å². The topological polar surface area (TPSA) is 94.9 Å². The molecule has 0 amide bonds. The van der Waals surface area contributed by atoms with Crippen LogP contribution in [0.25, 0.3) is 11.4 Å². The molecule has 6 heteroatoms. The number of nitro benzene ring substituents is 1. The van der Waals surface area contributed by atoms with Crippen molar-refractivity contribution in [3.8, 4) is 11.4 Å². The zero-order valence-corrected chi connectivity index (χ0v) is 10.5. The molecule has 2 rings (SSSR count). The Labute approximate surface area is 110 Å². The predicted octanol–water partition coefficient (Wildman–Crippen LogP) is 2.59. The van der Waals surface area contributed by atoms with Crippen LogP contribution in [0.15, 0.2) is 30.3 Å². The highest BCUT2D eigenvalue weighted by Crippen LogP contribution is 2.27. The maximum absolute atomic E-state index is 11.0. The molecule has 0 atom stereocenters. The number of rotatable bonds is 4. The van der Waals surface area contributed by atoms with Crippen LogP contribution in [0.1, 0.15) is 19.0 Å². The Bertz CT molecular complexity index is 613. The number of para-hydroxylation sites is 1. The standard InChI is InChI=1S/C13H14N4O2/c1-2-5-9-8-12(14)16-13(15-9)10-6-3-4-7-11(10)17(18)19/h3-4,6-8H,2,5H2,1H3,(H2,14,15,16). The Balaban J connectivity index is 2.55. The van der Waals surface area contributed by atoms with Crippen molar-refractivity contribution in [1.82, 2.24) is 9.97 Å². The first-order valence-corrected chi connectivity index (χ1v) is 5.99. The SMILES string of the molecule is CCCc1cc(N)nc(-c2ccccc2[N+](=O)[O-])n1. The molecular weight excluding hydrogens is 244 g/mol. The van der Waals surface area contributed by atoms with E-state index in [9.17, 15) is 10.1 Å². The normalized spacial score (nSPS) is 10.4. The summed E-state index contributed by atoms with van der Waals surface area (Å²) in [6.07, 6.45) is 1.69. The van der Waals surface area contributed by atoms with E-state index in [1.807, 2.05) is 6.92 Å². The zero-order chi connectivity index (χ0) is 13.8. The molecule has 0 saturated heterocycles. The highest BCUT2D eigenvalue weighted by atomic mass is 16.6. The fraction of sp³-hybridized carbons (Fsp3) is 0.231. The van der Waals surface area contributed by atoms with Gasteiger partial charge in [0.1, 0.15) is 5.82 Å². The maximum Gasteiger partial charge on any atom is 0.280 e. The van der Waals surface area contributed by atoms with Crippen molar-refractivity contribution in [1.29, 1.82) is 0 Å². The van der Waals surface area contributed by atoms with Crippen LogP contribution < -0.4 is 5.73 Å². The number of nitro groups is 1. The molecule has 1 heterocycles. The Hall–Kier alpha value is -2.50. The minimum absolute atomic E-state index is 0.0180. The molecule has 2 aromatic rings.